The number of hydrogen-bond acceptors (Lipinski definition) is 4. The van der Waals surface area contributed by atoms with Crippen molar-refractivity contribution >= 4 is 16.5 Å². The Morgan fingerprint density at radius 2 is 2.20 bits per heavy atom. The molecular weight excluding hydrogens is 272 g/mol. The molecule has 0 amide bonds. The number of rotatable bonds is 6. The zero-order chi connectivity index (χ0) is 14.2. The Kier molecular flexibility index (Phi) is 5.87. The Balaban J connectivity index is 1.83. The summed E-state index contributed by atoms with van der Waals surface area (Å²) in [4.78, 5) is 0. The third-order valence-electron chi connectivity index (χ3n) is 3.29. The minimum absolute atomic E-state index is 0.404. The van der Waals surface area contributed by atoms with E-state index in [1.165, 1.54) is 0 Å². The van der Waals surface area contributed by atoms with Gasteiger partial charge in [-0.25, -0.2) is 0 Å². The third kappa shape index (κ3) is 4.86. The highest BCUT2D eigenvalue weighted by molar-refractivity contribution is 7.85. The van der Waals surface area contributed by atoms with E-state index in [4.69, 9.17) is 10.00 Å². The van der Waals surface area contributed by atoms with Gasteiger partial charge in [-0.05, 0) is 31.4 Å². The van der Waals surface area contributed by atoms with Gasteiger partial charge < -0.3 is 10.1 Å². The Labute approximate surface area is 122 Å². The predicted octanol–water partition coefficient (Wildman–Crippen LogP) is 2.69. The molecule has 1 fully saturated rings. The number of ether oxygens (including phenoxy) is 1. The van der Waals surface area contributed by atoms with Crippen molar-refractivity contribution in [2.24, 2.45) is 0 Å². The molecule has 1 saturated heterocycles. The van der Waals surface area contributed by atoms with Crippen LogP contribution in [0.3, 0.4) is 0 Å². The standard InChI is InChI=1S/C15H20N2O2S/c16-8-1-2-9-19-15-5-3-4-14(12-15)17-13-6-10-20(18)11-7-13/h3-5,12-13,17H,1-2,6-7,9-11H2. The minimum atomic E-state index is -0.621. The largest absolute Gasteiger partial charge is 0.493 e. The second kappa shape index (κ2) is 7.91. The van der Waals surface area contributed by atoms with Crippen molar-refractivity contribution in [3.63, 3.8) is 0 Å². The maximum absolute atomic E-state index is 11.3. The Hall–Kier alpha value is -1.54. The third-order valence-corrected chi connectivity index (χ3v) is 4.68. The molecule has 1 aliphatic heterocycles. The van der Waals surface area contributed by atoms with Crippen LogP contribution in [0.1, 0.15) is 25.7 Å². The molecule has 0 saturated carbocycles. The number of anilines is 1. The molecule has 0 bridgehead atoms. The fraction of sp³-hybridized carbons (Fsp3) is 0.533. The molecule has 0 aromatic heterocycles. The van der Waals surface area contributed by atoms with Crippen molar-refractivity contribution in [3.05, 3.63) is 24.3 Å². The second-order valence-electron chi connectivity index (χ2n) is 4.90. The number of nitriles is 1. The van der Waals surface area contributed by atoms with Crippen molar-refractivity contribution in [2.45, 2.75) is 31.7 Å². The van der Waals surface area contributed by atoms with E-state index in [0.29, 0.717) is 19.1 Å². The van der Waals surface area contributed by atoms with Gasteiger partial charge in [0, 0.05) is 46.5 Å². The summed E-state index contributed by atoms with van der Waals surface area (Å²) in [5.74, 6) is 2.41. The summed E-state index contributed by atoms with van der Waals surface area (Å²) in [7, 11) is -0.621. The van der Waals surface area contributed by atoms with Crippen LogP contribution in [0.4, 0.5) is 5.69 Å². The van der Waals surface area contributed by atoms with Gasteiger partial charge in [-0.1, -0.05) is 6.07 Å². The quantitative estimate of drug-likeness (QED) is 0.819. The van der Waals surface area contributed by atoms with E-state index in [1.54, 1.807) is 0 Å². The first-order valence-electron chi connectivity index (χ1n) is 6.99. The van der Waals surface area contributed by atoms with E-state index in [9.17, 15) is 4.21 Å². The van der Waals surface area contributed by atoms with E-state index in [1.807, 2.05) is 24.3 Å². The van der Waals surface area contributed by atoms with Gasteiger partial charge in [0.15, 0.2) is 0 Å². The van der Waals surface area contributed by atoms with Crippen LogP contribution >= 0.6 is 0 Å². The average molecular weight is 292 g/mol. The Morgan fingerprint density at radius 1 is 1.40 bits per heavy atom. The van der Waals surface area contributed by atoms with Crippen molar-refractivity contribution in [2.75, 3.05) is 23.4 Å². The number of hydrogen-bond donors (Lipinski definition) is 1. The molecule has 0 atom stereocenters. The van der Waals surface area contributed by atoms with Gasteiger partial charge in [0.05, 0.1) is 12.7 Å². The summed E-state index contributed by atoms with van der Waals surface area (Å²) in [6.45, 7) is 0.569. The highest BCUT2D eigenvalue weighted by Crippen LogP contribution is 2.21. The van der Waals surface area contributed by atoms with Gasteiger partial charge in [0.1, 0.15) is 5.75 Å². The molecule has 1 N–H and O–H groups in total. The number of unbranched alkanes of at least 4 members (excludes halogenated alkanes) is 1. The summed E-state index contributed by atoms with van der Waals surface area (Å²) in [6, 6.07) is 10.4. The van der Waals surface area contributed by atoms with Crippen LogP contribution in [0.5, 0.6) is 5.75 Å². The van der Waals surface area contributed by atoms with Crippen molar-refractivity contribution in [1.29, 1.82) is 5.26 Å². The molecule has 0 aliphatic carbocycles. The van der Waals surface area contributed by atoms with Gasteiger partial charge in [-0.2, -0.15) is 5.26 Å². The van der Waals surface area contributed by atoms with Crippen LogP contribution in [0, 0.1) is 11.3 Å². The summed E-state index contributed by atoms with van der Waals surface area (Å²) >= 11 is 0. The monoisotopic (exact) mass is 292 g/mol. The van der Waals surface area contributed by atoms with E-state index in [2.05, 4.69) is 11.4 Å². The molecule has 1 aliphatic rings. The van der Waals surface area contributed by atoms with Crippen molar-refractivity contribution in [1.82, 2.24) is 0 Å². The fourth-order valence-corrected chi connectivity index (χ4v) is 3.49. The summed E-state index contributed by atoms with van der Waals surface area (Å²) in [5.41, 5.74) is 1.04. The van der Waals surface area contributed by atoms with Gasteiger partial charge in [0.25, 0.3) is 0 Å². The lowest BCUT2D eigenvalue weighted by Gasteiger charge is -2.23. The highest BCUT2D eigenvalue weighted by atomic mass is 32.2. The molecule has 2 rings (SSSR count). The van der Waals surface area contributed by atoms with Gasteiger partial charge in [-0.3, -0.25) is 4.21 Å². The van der Waals surface area contributed by atoms with Crippen molar-refractivity contribution in [3.8, 4) is 11.8 Å². The number of benzene rings is 1. The van der Waals surface area contributed by atoms with E-state index < -0.39 is 10.8 Å². The zero-order valence-electron chi connectivity index (χ0n) is 11.5. The lowest BCUT2D eigenvalue weighted by molar-refractivity contribution is 0.313. The Bertz CT molecular complexity index is 489. The molecule has 5 heteroatoms. The van der Waals surface area contributed by atoms with Crippen LogP contribution < -0.4 is 10.1 Å². The average Bonchev–Trinajstić information content (AvgIpc) is 2.47. The highest BCUT2D eigenvalue weighted by Gasteiger charge is 2.17. The number of nitrogens with zero attached hydrogens (tertiary/aromatic N) is 1. The molecule has 1 aromatic rings. The molecule has 1 aromatic carbocycles. The molecule has 4 nitrogen and oxygen atoms in total. The lowest BCUT2D eigenvalue weighted by atomic mass is 10.1. The van der Waals surface area contributed by atoms with Crippen molar-refractivity contribution < 1.29 is 8.95 Å². The summed E-state index contributed by atoms with van der Waals surface area (Å²) in [6.07, 6.45) is 3.19. The molecule has 20 heavy (non-hydrogen) atoms. The van der Waals surface area contributed by atoms with Crippen LogP contribution in [0.25, 0.3) is 0 Å². The molecule has 1 heterocycles. The smallest absolute Gasteiger partial charge is 0.121 e. The molecular formula is C15H20N2O2S. The summed E-state index contributed by atoms with van der Waals surface area (Å²) in [5, 5.41) is 11.9. The first-order chi connectivity index (χ1) is 9.78. The first kappa shape index (κ1) is 14.9. The maximum atomic E-state index is 11.3. The van der Waals surface area contributed by atoms with Crippen LogP contribution in [-0.2, 0) is 10.8 Å². The van der Waals surface area contributed by atoms with Gasteiger partial charge in [0.2, 0.25) is 0 Å². The first-order valence-corrected chi connectivity index (χ1v) is 8.48. The normalized spacial score (nSPS) is 21.9. The van der Waals surface area contributed by atoms with Crippen LogP contribution in [0.2, 0.25) is 0 Å². The SMILES string of the molecule is N#CCCCOc1cccc(NC2CCS(=O)CC2)c1. The molecule has 0 radical (unpaired) electrons. The van der Waals surface area contributed by atoms with E-state index in [-0.39, 0.29) is 0 Å². The van der Waals surface area contributed by atoms with Crippen LogP contribution in [0.15, 0.2) is 24.3 Å². The summed E-state index contributed by atoms with van der Waals surface area (Å²) < 4.78 is 16.9. The fourth-order valence-electron chi connectivity index (χ4n) is 2.19. The van der Waals surface area contributed by atoms with E-state index >= 15 is 0 Å². The predicted molar refractivity (Wildman–Crippen MR) is 81.3 cm³/mol. The second-order valence-corrected chi connectivity index (χ2v) is 6.60. The topological polar surface area (TPSA) is 62.1 Å². The maximum Gasteiger partial charge on any atom is 0.121 e. The Morgan fingerprint density at radius 3 is 2.95 bits per heavy atom. The molecule has 0 unspecified atom stereocenters. The van der Waals surface area contributed by atoms with E-state index in [0.717, 1.165) is 42.2 Å². The molecule has 0 spiro atoms. The minimum Gasteiger partial charge on any atom is -0.493 e. The lowest BCUT2D eigenvalue weighted by Crippen LogP contribution is -2.29. The zero-order valence-corrected chi connectivity index (χ0v) is 12.3. The van der Waals surface area contributed by atoms with Gasteiger partial charge in [-0.15, -0.1) is 0 Å². The van der Waals surface area contributed by atoms with Crippen LogP contribution in [-0.4, -0.2) is 28.4 Å². The number of nitrogens with one attached hydrogen (secondary N) is 1. The van der Waals surface area contributed by atoms with Gasteiger partial charge >= 0.3 is 0 Å². The molecule has 108 valence electrons.